The van der Waals surface area contributed by atoms with Crippen LogP contribution < -0.4 is 19.5 Å². The molecule has 0 bridgehead atoms. The molecule has 0 saturated heterocycles. The molecule has 1 amide bonds. The summed E-state index contributed by atoms with van der Waals surface area (Å²) < 4.78 is 20.5. The number of carbonyl (C=O) groups is 2. The number of ether oxygens (including phenoxy) is 4. The maximum absolute atomic E-state index is 12.2. The van der Waals surface area contributed by atoms with Gasteiger partial charge in [-0.3, -0.25) is 4.79 Å². The highest BCUT2D eigenvalue weighted by Crippen LogP contribution is 2.38. The lowest BCUT2D eigenvalue weighted by Gasteiger charge is -2.12. The van der Waals surface area contributed by atoms with Crippen molar-refractivity contribution in [1.82, 2.24) is 0 Å². The van der Waals surface area contributed by atoms with Crippen molar-refractivity contribution in [2.75, 3.05) is 33.8 Å². The van der Waals surface area contributed by atoms with E-state index in [0.717, 1.165) is 0 Å². The fourth-order valence-electron chi connectivity index (χ4n) is 2.40. The Labute approximate surface area is 157 Å². The topological polar surface area (TPSA) is 83.1 Å². The van der Waals surface area contributed by atoms with Crippen LogP contribution in [0.3, 0.4) is 0 Å². The summed E-state index contributed by atoms with van der Waals surface area (Å²) in [6.45, 7) is 0. The fourth-order valence-corrected chi connectivity index (χ4v) is 2.40. The van der Waals surface area contributed by atoms with Gasteiger partial charge in [0.15, 0.2) is 11.5 Å². The highest BCUT2D eigenvalue weighted by Gasteiger charge is 2.12. The number of benzene rings is 2. The van der Waals surface area contributed by atoms with E-state index < -0.39 is 5.97 Å². The van der Waals surface area contributed by atoms with Crippen LogP contribution in [0.4, 0.5) is 5.69 Å². The molecule has 7 nitrogen and oxygen atoms in total. The Bertz CT molecular complexity index is 834. The Balaban J connectivity index is 2.16. The number of hydrogen-bond acceptors (Lipinski definition) is 6. The average Bonchev–Trinajstić information content (AvgIpc) is 2.70. The summed E-state index contributed by atoms with van der Waals surface area (Å²) in [6.07, 6.45) is 2.98. The summed E-state index contributed by atoms with van der Waals surface area (Å²) >= 11 is 0. The van der Waals surface area contributed by atoms with E-state index >= 15 is 0 Å². The standard InChI is InChI=1S/C20H21NO6/c1-24-16-10-13(11-17(25-2)19(16)26-3)8-9-18(22)21-15-7-5-6-14(12-15)20(23)27-4/h5-12H,1-4H3,(H,21,22)/b9-8+. The summed E-state index contributed by atoms with van der Waals surface area (Å²) in [6, 6.07) is 9.93. The van der Waals surface area contributed by atoms with Crippen LogP contribution in [0, 0.1) is 0 Å². The van der Waals surface area contributed by atoms with Crippen LogP contribution in [-0.4, -0.2) is 40.3 Å². The Morgan fingerprint density at radius 3 is 2.15 bits per heavy atom. The number of carbonyl (C=O) groups excluding carboxylic acids is 2. The quantitative estimate of drug-likeness (QED) is 0.595. The van der Waals surface area contributed by atoms with Crippen LogP contribution in [-0.2, 0) is 9.53 Å². The predicted molar refractivity (Wildman–Crippen MR) is 102 cm³/mol. The summed E-state index contributed by atoms with van der Waals surface area (Å²) in [5.41, 5.74) is 1.53. The van der Waals surface area contributed by atoms with Crippen molar-refractivity contribution in [3.63, 3.8) is 0 Å². The Kier molecular flexibility index (Phi) is 6.82. The molecule has 0 radical (unpaired) electrons. The number of hydrogen-bond donors (Lipinski definition) is 1. The molecule has 0 unspecified atom stereocenters. The number of methoxy groups -OCH3 is 4. The molecule has 1 N–H and O–H groups in total. The van der Waals surface area contributed by atoms with E-state index in [1.807, 2.05) is 0 Å². The van der Waals surface area contributed by atoms with Crippen molar-refractivity contribution in [3.8, 4) is 17.2 Å². The lowest BCUT2D eigenvalue weighted by molar-refractivity contribution is -0.111. The lowest BCUT2D eigenvalue weighted by Crippen LogP contribution is -2.09. The van der Waals surface area contributed by atoms with Gasteiger partial charge in [-0.25, -0.2) is 4.79 Å². The molecule has 2 aromatic rings. The van der Waals surface area contributed by atoms with Crippen LogP contribution in [0.15, 0.2) is 42.5 Å². The SMILES string of the molecule is COC(=O)c1cccc(NC(=O)/C=C/c2cc(OC)c(OC)c(OC)c2)c1. The first kappa shape index (κ1) is 19.8. The van der Waals surface area contributed by atoms with E-state index in [-0.39, 0.29) is 5.91 Å². The van der Waals surface area contributed by atoms with Crippen LogP contribution in [0.5, 0.6) is 17.2 Å². The fraction of sp³-hybridized carbons (Fsp3) is 0.200. The first-order valence-electron chi connectivity index (χ1n) is 7.99. The summed E-state index contributed by atoms with van der Waals surface area (Å²) in [4.78, 5) is 23.7. The molecule has 0 aliphatic carbocycles. The van der Waals surface area contributed by atoms with Crippen molar-refractivity contribution in [3.05, 3.63) is 53.6 Å². The molecule has 0 aromatic heterocycles. The first-order chi connectivity index (χ1) is 13.0. The minimum absolute atomic E-state index is 0.351. The number of anilines is 1. The zero-order chi connectivity index (χ0) is 19.8. The number of amides is 1. The monoisotopic (exact) mass is 371 g/mol. The van der Waals surface area contributed by atoms with Crippen molar-refractivity contribution in [2.24, 2.45) is 0 Å². The number of rotatable bonds is 7. The van der Waals surface area contributed by atoms with Gasteiger partial charge in [-0.2, -0.15) is 0 Å². The van der Waals surface area contributed by atoms with Crippen LogP contribution in [0.2, 0.25) is 0 Å². The van der Waals surface area contributed by atoms with E-state index in [2.05, 4.69) is 10.1 Å². The molecule has 0 aliphatic heterocycles. The molecular formula is C20H21NO6. The maximum Gasteiger partial charge on any atom is 0.337 e. The van der Waals surface area contributed by atoms with Crippen LogP contribution in [0.1, 0.15) is 15.9 Å². The zero-order valence-corrected chi connectivity index (χ0v) is 15.6. The zero-order valence-electron chi connectivity index (χ0n) is 15.6. The van der Waals surface area contributed by atoms with Gasteiger partial charge in [-0.05, 0) is 42.0 Å². The molecule has 2 aromatic carbocycles. The maximum atomic E-state index is 12.2. The largest absolute Gasteiger partial charge is 0.493 e. The molecule has 7 heteroatoms. The smallest absolute Gasteiger partial charge is 0.337 e. The van der Waals surface area contributed by atoms with Gasteiger partial charge in [0.1, 0.15) is 0 Å². The Morgan fingerprint density at radius 1 is 0.926 bits per heavy atom. The van der Waals surface area contributed by atoms with Crippen molar-refractivity contribution in [2.45, 2.75) is 0 Å². The van der Waals surface area contributed by atoms with E-state index in [1.165, 1.54) is 40.6 Å². The van der Waals surface area contributed by atoms with Crippen molar-refractivity contribution in [1.29, 1.82) is 0 Å². The van der Waals surface area contributed by atoms with E-state index in [0.29, 0.717) is 34.1 Å². The Morgan fingerprint density at radius 2 is 1.59 bits per heavy atom. The molecule has 27 heavy (non-hydrogen) atoms. The van der Waals surface area contributed by atoms with E-state index in [1.54, 1.807) is 36.4 Å². The van der Waals surface area contributed by atoms with Gasteiger partial charge in [0, 0.05) is 11.8 Å². The molecule has 0 spiro atoms. The van der Waals surface area contributed by atoms with Gasteiger partial charge in [-0.1, -0.05) is 6.07 Å². The molecular weight excluding hydrogens is 350 g/mol. The minimum Gasteiger partial charge on any atom is -0.493 e. The normalized spacial score (nSPS) is 10.4. The molecule has 0 heterocycles. The Hall–Kier alpha value is -3.48. The molecule has 0 atom stereocenters. The second kappa shape index (κ2) is 9.28. The summed E-state index contributed by atoms with van der Waals surface area (Å²) in [7, 11) is 5.86. The predicted octanol–water partition coefficient (Wildman–Crippen LogP) is 3.15. The third-order valence-electron chi connectivity index (χ3n) is 3.67. The first-order valence-corrected chi connectivity index (χ1v) is 7.99. The second-order valence-corrected chi connectivity index (χ2v) is 5.35. The number of esters is 1. The van der Waals surface area contributed by atoms with Gasteiger partial charge in [-0.15, -0.1) is 0 Å². The minimum atomic E-state index is -0.473. The van der Waals surface area contributed by atoms with Crippen LogP contribution in [0.25, 0.3) is 6.08 Å². The van der Waals surface area contributed by atoms with Gasteiger partial charge in [0.25, 0.3) is 0 Å². The molecule has 0 fully saturated rings. The van der Waals surface area contributed by atoms with Crippen molar-refractivity contribution < 1.29 is 28.5 Å². The highest BCUT2D eigenvalue weighted by molar-refractivity contribution is 6.02. The average molecular weight is 371 g/mol. The third-order valence-corrected chi connectivity index (χ3v) is 3.67. The summed E-state index contributed by atoms with van der Waals surface area (Å²) in [5.74, 6) is 0.622. The number of nitrogens with one attached hydrogen (secondary N) is 1. The van der Waals surface area contributed by atoms with E-state index in [9.17, 15) is 9.59 Å². The van der Waals surface area contributed by atoms with Gasteiger partial charge < -0.3 is 24.3 Å². The second-order valence-electron chi connectivity index (χ2n) is 5.35. The van der Waals surface area contributed by atoms with Gasteiger partial charge >= 0.3 is 5.97 Å². The molecule has 0 aliphatic rings. The third kappa shape index (κ3) is 5.01. The molecule has 2 rings (SSSR count). The van der Waals surface area contributed by atoms with Crippen LogP contribution >= 0.6 is 0 Å². The molecule has 0 saturated carbocycles. The van der Waals surface area contributed by atoms with Gasteiger partial charge in [0.05, 0.1) is 34.0 Å². The summed E-state index contributed by atoms with van der Waals surface area (Å²) in [5, 5.41) is 2.69. The molecule has 142 valence electrons. The van der Waals surface area contributed by atoms with E-state index in [4.69, 9.17) is 14.2 Å². The van der Waals surface area contributed by atoms with Crippen molar-refractivity contribution >= 4 is 23.6 Å². The lowest BCUT2D eigenvalue weighted by atomic mass is 10.1. The highest BCUT2D eigenvalue weighted by atomic mass is 16.5. The van der Waals surface area contributed by atoms with Gasteiger partial charge in [0.2, 0.25) is 11.7 Å².